The molecule has 0 aliphatic carbocycles. The van der Waals surface area contributed by atoms with Crippen LogP contribution in [0.2, 0.25) is 0 Å². The molecule has 0 fully saturated rings. The van der Waals surface area contributed by atoms with Gasteiger partial charge in [-0.15, -0.1) is 0 Å². The van der Waals surface area contributed by atoms with Crippen molar-refractivity contribution < 1.29 is 47.9 Å². The number of carboxylic acid groups (broad SMARTS) is 1. The third kappa shape index (κ3) is 20.7. The minimum absolute atomic E-state index is 0.193. The summed E-state index contributed by atoms with van der Waals surface area (Å²) in [6.07, 6.45) is 0. The summed E-state index contributed by atoms with van der Waals surface area (Å²) in [5, 5.41) is 8.36. The Morgan fingerprint density at radius 2 is 0.964 bits per heavy atom. The first-order chi connectivity index (χ1) is 13.5. The van der Waals surface area contributed by atoms with Crippen molar-refractivity contribution >= 4 is 11.9 Å². The van der Waals surface area contributed by atoms with Crippen molar-refractivity contribution in [3.05, 3.63) is 12.2 Å². The van der Waals surface area contributed by atoms with Crippen LogP contribution in [0.1, 0.15) is 6.92 Å². The SMILES string of the molecule is C=C(C)C(=O)OCCOCCOCCOCCOCCOCCOCC(=O)O. The predicted molar refractivity (Wildman–Crippen MR) is 98.3 cm³/mol. The maximum atomic E-state index is 11.1. The molecule has 0 saturated heterocycles. The van der Waals surface area contributed by atoms with Crippen LogP contribution in [0, 0.1) is 0 Å². The summed E-state index contributed by atoms with van der Waals surface area (Å²) >= 11 is 0. The van der Waals surface area contributed by atoms with Gasteiger partial charge in [0.15, 0.2) is 0 Å². The first kappa shape index (κ1) is 26.4. The van der Waals surface area contributed by atoms with Crippen molar-refractivity contribution in [2.75, 3.05) is 85.9 Å². The van der Waals surface area contributed by atoms with Crippen LogP contribution < -0.4 is 0 Å². The zero-order valence-electron chi connectivity index (χ0n) is 16.5. The Morgan fingerprint density at radius 1 is 0.643 bits per heavy atom. The molecule has 0 aliphatic rings. The van der Waals surface area contributed by atoms with Crippen LogP contribution >= 0.6 is 0 Å². The van der Waals surface area contributed by atoms with Crippen LogP contribution in [0.4, 0.5) is 0 Å². The highest BCUT2D eigenvalue weighted by molar-refractivity contribution is 5.86. The quantitative estimate of drug-likeness (QED) is 0.161. The van der Waals surface area contributed by atoms with Crippen molar-refractivity contribution in [3.63, 3.8) is 0 Å². The van der Waals surface area contributed by atoms with E-state index >= 15 is 0 Å². The average Bonchev–Trinajstić information content (AvgIpc) is 2.65. The van der Waals surface area contributed by atoms with Crippen molar-refractivity contribution in [3.8, 4) is 0 Å². The molecule has 0 saturated carbocycles. The molecule has 0 atom stereocenters. The summed E-state index contributed by atoms with van der Waals surface area (Å²) in [7, 11) is 0. The van der Waals surface area contributed by atoms with Gasteiger partial charge in [-0.25, -0.2) is 9.59 Å². The fraction of sp³-hybridized carbons (Fsp3) is 0.778. The van der Waals surface area contributed by atoms with E-state index in [-0.39, 0.29) is 19.8 Å². The van der Waals surface area contributed by atoms with E-state index in [1.807, 2.05) is 0 Å². The smallest absolute Gasteiger partial charge is 0.333 e. The van der Waals surface area contributed by atoms with Crippen LogP contribution in [-0.2, 0) is 42.7 Å². The molecule has 28 heavy (non-hydrogen) atoms. The van der Waals surface area contributed by atoms with Gasteiger partial charge in [0, 0.05) is 5.57 Å². The Kier molecular flexibility index (Phi) is 19.1. The molecule has 10 nitrogen and oxygen atoms in total. The summed E-state index contributed by atoms with van der Waals surface area (Å²) in [6, 6.07) is 0. The number of ether oxygens (including phenoxy) is 7. The number of hydrogen-bond donors (Lipinski definition) is 1. The van der Waals surface area contributed by atoms with Gasteiger partial charge >= 0.3 is 11.9 Å². The summed E-state index contributed by atoms with van der Waals surface area (Å²) in [6.45, 7) is 9.32. The molecule has 0 radical (unpaired) electrons. The third-order valence-corrected chi connectivity index (χ3v) is 2.89. The summed E-state index contributed by atoms with van der Waals surface area (Å²) in [5.74, 6) is -1.42. The number of aliphatic carboxylic acids is 1. The van der Waals surface area contributed by atoms with Crippen LogP contribution in [0.25, 0.3) is 0 Å². The summed E-state index contributed by atoms with van der Waals surface area (Å²) in [4.78, 5) is 21.3. The van der Waals surface area contributed by atoms with E-state index < -0.39 is 11.9 Å². The van der Waals surface area contributed by atoms with Crippen LogP contribution in [0.3, 0.4) is 0 Å². The second-order valence-electron chi connectivity index (χ2n) is 5.42. The third-order valence-electron chi connectivity index (χ3n) is 2.89. The Morgan fingerprint density at radius 3 is 1.29 bits per heavy atom. The molecule has 0 aromatic rings. The fourth-order valence-electron chi connectivity index (χ4n) is 1.58. The highest BCUT2D eigenvalue weighted by atomic mass is 16.6. The Bertz CT molecular complexity index is 413. The first-order valence-electron chi connectivity index (χ1n) is 9.05. The number of carboxylic acids is 1. The lowest BCUT2D eigenvalue weighted by Gasteiger charge is -2.08. The first-order valence-corrected chi connectivity index (χ1v) is 9.05. The lowest BCUT2D eigenvalue weighted by molar-refractivity contribution is -0.143. The zero-order valence-corrected chi connectivity index (χ0v) is 16.5. The molecule has 0 rings (SSSR count). The van der Waals surface area contributed by atoms with Crippen molar-refractivity contribution in [2.24, 2.45) is 0 Å². The highest BCUT2D eigenvalue weighted by Gasteiger charge is 2.01. The van der Waals surface area contributed by atoms with Gasteiger partial charge in [-0.05, 0) is 6.92 Å². The number of hydrogen-bond acceptors (Lipinski definition) is 9. The molecule has 0 bridgehead atoms. The van der Waals surface area contributed by atoms with Crippen molar-refractivity contribution in [1.82, 2.24) is 0 Å². The van der Waals surface area contributed by atoms with Crippen LogP contribution in [-0.4, -0.2) is 103 Å². The Hall–Kier alpha value is -1.56. The van der Waals surface area contributed by atoms with E-state index in [0.29, 0.717) is 71.6 Å². The Balaban J connectivity index is 3.08. The van der Waals surface area contributed by atoms with Gasteiger partial charge < -0.3 is 38.3 Å². The normalized spacial score (nSPS) is 10.8. The molecular weight excluding hydrogens is 376 g/mol. The molecule has 1 N–H and O–H groups in total. The van der Waals surface area contributed by atoms with E-state index in [2.05, 4.69) is 6.58 Å². The largest absolute Gasteiger partial charge is 0.480 e. The van der Waals surface area contributed by atoms with Gasteiger partial charge in [0.25, 0.3) is 0 Å². The predicted octanol–water partition coefficient (Wildman–Crippen LogP) is 0.290. The number of rotatable bonds is 21. The summed E-state index contributed by atoms with van der Waals surface area (Å²) in [5.41, 5.74) is 0.363. The molecule has 0 unspecified atom stereocenters. The van der Waals surface area contributed by atoms with E-state index in [9.17, 15) is 9.59 Å². The second kappa shape index (κ2) is 20.2. The number of esters is 1. The molecule has 0 spiro atoms. The standard InChI is InChI=1S/C18H32O10/c1-16(2)18(21)28-14-13-26-10-9-24-6-5-22-3-4-23-7-8-25-11-12-27-15-17(19)20/h1,3-15H2,2H3,(H,19,20). The molecule has 0 heterocycles. The van der Waals surface area contributed by atoms with Gasteiger partial charge in [-0.1, -0.05) is 6.58 Å². The van der Waals surface area contributed by atoms with E-state index in [1.165, 1.54) is 0 Å². The topological polar surface area (TPSA) is 119 Å². The minimum atomic E-state index is -0.999. The van der Waals surface area contributed by atoms with Crippen molar-refractivity contribution in [2.45, 2.75) is 6.92 Å². The molecule has 0 aromatic carbocycles. The van der Waals surface area contributed by atoms with Crippen LogP contribution in [0.15, 0.2) is 12.2 Å². The van der Waals surface area contributed by atoms with E-state index in [1.54, 1.807) is 6.92 Å². The number of carbonyl (C=O) groups is 2. The fourth-order valence-corrected chi connectivity index (χ4v) is 1.58. The zero-order chi connectivity index (χ0) is 20.9. The highest BCUT2D eigenvalue weighted by Crippen LogP contribution is 1.91. The maximum absolute atomic E-state index is 11.1. The van der Waals surface area contributed by atoms with Gasteiger partial charge in [0.2, 0.25) is 0 Å². The van der Waals surface area contributed by atoms with Gasteiger partial charge in [-0.3, -0.25) is 0 Å². The van der Waals surface area contributed by atoms with Gasteiger partial charge in [0.1, 0.15) is 13.2 Å². The Labute approximate surface area is 165 Å². The second-order valence-corrected chi connectivity index (χ2v) is 5.42. The van der Waals surface area contributed by atoms with Gasteiger partial charge in [-0.2, -0.15) is 0 Å². The molecule has 0 amide bonds. The molecule has 10 heteroatoms. The number of carbonyl (C=O) groups excluding carboxylic acids is 1. The molecule has 0 aliphatic heterocycles. The minimum Gasteiger partial charge on any atom is -0.480 e. The molecular formula is C18H32O10. The maximum Gasteiger partial charge on any atom is 0.333 e. The lowest BCUT2D eigenvalue weighted by Crippen LogP contribution is -2.15. The average molecular weight is 408 g/mol. The van der Waals surface area contributed by atoms with Gasteiger partial charge in [0.05, 0.1) is 72.7 Å². The lowest BCUT2D eigenvalue weighted by atomic mass is 10.4. The van der Waals surface area contributed by atoms with E-state index in [4.69, 9.17) is 38.3 Å². The monoisotopic (exact) mass is 408 g/mol. The van der Waals surface area contributed by atoms with Crippen molar-refractivity contribution in [1.29, 1.82) is 0 Å². The molecule has 164 valence electrons. The summed E-state index contributed by atoms with van der Waals surface area (Å²) < 4.78 is 36.1. The molecule has 0 aromatic heterocycles. The van der Waals surface area contributed by atoms with E-state index in [0.717, 1.165) is 0 Å². The van der Waals surface area contributed by atoms with Crippen LogP contribution in [0.5, 0.6) is 0 Å².